The van der Waals surface area contributed by atoms with Crippen molar-refractivity contribution in [3.05, 3.63) is 35.9 Å². The summed E-state index contributed by atoms with van der Waals surface area (Å²) in [5, 5.41) is 0. The van der Waals surface area contributed by atoms with Crippen LogP contribution in [0.15, 0.2) is 30.3 Å². The van der Waals surface area contributed by atoms with Gasteiger partial charge in [0, 0.05) is 0 Å². The zero-order chi connectivity index (χ0) is 16.2. The van der Waals surface area contributed by atoms with Gasteiger partial charge >= 0.3 is 6.09 Å². The third-order valence-corrected chi connectivity index (χ3v) is 3.88. The Bertz CT molecular complexity index is 528. The van der Waals surface area contributed by atoms with Crippen LogP contribution < -0.4 is 0 Å². The van der Waals surface area contributed by atoms with E-state index < -0.39 is 29.1 Å². The Labute approximate surface area is 133 Å². The molecule has 0 radical (unpaired) electrons. The van der Waals surface area contributed by atoms with Gasteiger partial charge in [-0.15, -0.1) is 0 Å². The van der Waals surface area contributed by atoms with Gasteiger partial charge in [-0.25, -0.2) is 13.3 Å². The van der Waals surface area contributed by atoms with E-state index in [1.54, 1.807) is 20.8 Å². The van der Waals surface area contributed by atoms with Crippen molar-refractivity contribution < 1.29 is 22.7 Å². The summed E-state index contributed by atoms with van der Waals surface area (Å²) < 4.78 is 28.8. The molecule has 1 heterocycles. The molecule has 22 heavy (non-hydrogen) atoms. The first-order valence-corrected chi connectivity index (χ1v) is 8.09. The number of hydrogen-bond donors (Lipinski definition) is 0. The highest BCUT2D eigenvalue weighted by atomic mass is 32.2. The van der Waals surface area contributed by atoms with E-state index in [0.717, 1.165) is 9.87 Å². The van der Waals surface area contributed by atoms with Crippen LogP contribution in [-0.2, 0) is 31.5 Å². The van der Waals surface area contributed by atoms with Crippen LogP contribution in [0.3, 0.4) is 0 Å². The lowest BCUT2D eigenvalue weighted by molar-refractivity contribution is 0.0345. The number of rotatable bonds is 4. The highest BCUT2D eigenvalue weighted by Crippen LogP contribution is 2.19. The molecular formula is C15H21NO5S. The smallest absolute Gasteiger partial charge is 0.424 e. The molecule has 1 aliphatic heterocycles. The van der Waals surface area contributed by atoms with Gasteiger partial charge in [0.15, 0.2) is 0 Å². The Balaban J connectivity index is 1.78. The lowest BCUT2D eigenvalue weighted by Crippen LogP contribution is -2.36. The first-order chi connectivity index (χ1) is 10.3. The van der Waals surface area contributed by atoms with Crippen molar-refractivity contribution in [2.24, 2.45) is 0 Å². The third-order valence-electron chi connectivity index (χ3n) is 2.78. The molecule has 0 spiro atoms. The van der Waals surface area contributed by atoms with Crippen LogP contribution in [0.25, 0.3) is 0 Å². The number of carbonyl (C=O) groups is 1. The van der Waals surface area contributed by atoms with Crippen molar-refractivity contribution in [2.75, 3.05) is 13.2 Å². The SMILES string of the molecule is CC(C)(C)OC(=O)N1CC(COCc2ccccc2)OS1=O. The monoisotopic (exact) mass is 327 g/mol. The molecule has 0 bridgehead atoms. The zero-order valence-electron chi connectivity index (χ0n) is 13.0. The van der Waals surface area contributed by atoms with E-state index in [9.17, 15) is 9.00 Å². The van der Waals surface area contributed by atoms with Crippen molar-refractivity contribution >= 4 is 17.4 Å². The van der Waals surface area contributed by atoms with Gasteiger partial charge in [-0.2, -0.15) is 0 Å². The fourth-order valence-corrected chi connectivity index (χ4v) is 2.76. The lowest BCUT2D eigenvalue weighted by atomic mass is 10.2. The number of hydrogen-bond acceptors (Lipinski definition) is 5. The summed E-state index contributed by atoms with van der Waals surface area (Å²) in [7, 11) is 0. The first-order valence-electron chi connectivity index (χ1n) is 7.06. The molecule has 122 valence electrons. The normalized spacial score (nSPS) is 21.9. The molecule has 6 nitrogen and oxygen atoms in total. The van der Waals surface area contributed by atoms with Crippen LogP contribution in [0.4, 0.5) is 4.79 Å². The van der Waals surface area contributed by atoms with Crippen LogP contribution in [0.2, 0.25) is 0 Å². The van der Waals surface area contributed by atoms with E-state index in [4.69, 9.17) is 13.7 Å². The van der Waals surface area contributed by atoms with Gasteiger partial charge in [-0.3, -0.25) is 4.18 Å². The molecule has 1 aromatic rings. The number of carbonyl (C=O) groups excluding carboxylic acids is 1. The van der Waals surface area contributed by atoms with Crippen molar-refractivity contribution in [3.63, 3.8) is 0 Å². The fraction of sp³-hybridized carbons (Fsp3) is 0.533. The standard InChI is InChI=1S/C15H21NO5S/c1-15(2,3)20-14(17)16-9-13(21-22(16)18)11-19-10-12-7-5-4-6-8-12/h4-8,13H,9-11H2,1-3H3. The van der Waals surface area contributed by atoms with Gasteiger partial charge < -0.3 is 9.47 Å². The molecule has 7 heteroatoms. The topological polar surface area (TPSA) is 65.1 Å². The van der Waals surface area contributed by atoms with Gasteiger partial charge in [-0.05, 0) is 26.3 Å². The second kappa shape index (κ2) is 7.21. The van der Waals surface area contributed by atoms with Crippen molar-refractivity contribution in [1.82, 2.24) is 4.31 Å². The Morgan fingerprint density at radius 3 is 2.68 bits per heavy atom. The summed E-state index contributed by atoms with van der Waals surface area (Å²) in [4.78, 5) is 11.9. The maximum atomic E-state index is 11.9. The Morgan fingerprint density at radius 1 is 1.36 bits per heavy atom. The number of amides is 1. The highest BCUT2D eigenvalue weighted by Gasteiger charge is 2.37. The molecule has 1 saturated heterocycles. The van der Waals surface area contributed by atoms with Crippen molar-refractivity contribution in [3.8, 4) is 0 Å². The van der Waals surface area contributed by atoms with E-state index in [0.29, 0.717) is 6.61 Å². The van der Waals surface area contributed by atoms with E-state index in [-0.39, 0.29) is 13.2 Å². The lowest BCUT2D eigenvalue weighted by Gasteiger charge is -2.22. The molecule has 2 unspecified atom stereocenters. The van der Waals surface area contributed by atoms with Gasteiger partial charge in [0.05, 0.1) is 19.8 Å². The minimum absolute atomic E-state index is 0.191. The maximum absolute atomic E-state index is 11.9. The van der Waals surface area contributed by atoms with Gasteiger partial charge in [0.2, 0.25) is 0 Å². The molecule has 1 fully saturated rings. The average Bonchev–Trinajstić information content (AvgIpc) is 2.79. The Morgan fingerprint density at radius 2 is 2.05 bits per heavy atom. The molecule has 2 atom stereocenters. The molecule has 0 aromatic heterocycles. The van der Waals surface area contributed by atoms with Crippen LogP contribution in [0.5, 0.6) is 0 Å². The zero-order valence-corrected chi connectivity index (χ0v) is 13.8. The summed E-state index contributed by atoms with van der Waals surface area (Å²) >= 11 is -1.82. The van der Waals surface area contributed by atoms with E-state index in [2.05, 4.69) is 0 Å². The molecule has 1 aromatic carbocycles. The minimum Gasteiger partial charge on any atom is -0.443 e. The van der Waals surface area contributed by atoms with Crippen molar-refractivity contribution in [1.29, 1.82) is 0 Å². The first kappa shape index (κ1) is 16.9. The van der Waals surface area contributed by atoms with Gasteiger partial charge in [-0.1, -0.05) is 30.3 Å². The van der Waals surface area contributed by atoms with Gasteiger partial charge in [0.1, 0.15) is 11.7 Å². The molecule has 0 aliphatic carbocycles. The largest absolute Gasteiger partial charge is 0.443 e. The average molecular weight is 327 g/mol. The molecule has 1 aliphatic rings. The highest BCUT2D eigenvalue weighted by molar-refractivity contribution is 7.78. The third kappa shape index (κ3) is 5.08. The second-order valence-corrected chi connectivity index (χ2v) is 7.04. The Hall–Kier alpha value is -1.44. The van der Waals surface area contributed by atoms with Crippen LogP contribution in [-0.4, -0.2) is 39.5 Å². The molecular weight excluding hydrogens is 306 g/mol. The summed E-state index contributed by atoms with van der Waals surface area (Å²) in [6, 6.07) is 9.72. The maximum Gasteiger partial charge on any atom is 0.424 e. The number of ether oxygens (including phenoxy) is 2. The fourth-order valence-electron chi connectivity index (χ4n) is 1.86. The van der Waals surface area contributed by atoms with Crippen LogP contribution in [0, 0.1) is 0 Å². The molecule has 2 rings (SSSR count). The number of benzene rings is 1. The van der Waals surface area contributed by atoms with Crippen LogP contribution in [0.1, 0.15) is 26.3 Å². The second-order valence-electron chi connectivity index (χ2n) is 5.98. The quantitative estimate of drug-likeness (QED) is 0.850. The number of nitrogens with zero attached hydrogens (tertiary/aromatic N) is 1. The summed E-state index contributed by atoms with van der Waals surface area (Å²) in [6.07, 6.45) is -1.06. The molecule has 1 amide bonds. The Kier molecular flexibility index (Phi) is 5.55. The van der Waals surface area contributed by atoms with Crippen LogP contribution >= 0.6 is 0 Å². The van der Waals surface area contributed by atoms with E-state index in [1.807, 2.05) is 30.3 Å². The summed E-state index contributed by atoms with van der Waals surface area (Å²) in [5.74, 6) is 0. The molecule has 0 saturated carbocycles. The van der Waals surface area contributed by atoms with E-state index in [1.165, 1.54) is 0 Å². The van der Waals surface area contributed by atoms with Gasteiger partial charge in [0.25, 0.3) is 11.3 Å². The predicted octanol–water partition coefficient (Wildman–Crippen LogP) is 2.42. The summed E-state index contributed by atoms with van der Waals surface area (Å²) in [6.45, 7) is 6.16. The summed E-state index contributed by atoms with van der Waals surface area (Å²) in [5.41, 5.74) is 0.411. The van der Waals surface area contributed by atoms with Crippen molar-refractivity contribution in [2.45, 2.75) is 39.1 Å². The molecule has 0 N–H and O–H groups in total. The van der Waals surface area contributed by atoms with E-state index >= 15 is 0 Å². The minimum atomic E-state index is -1.82. The predicted molar refractivity (Wildman–Crippen MR) is 82.1 cm³/mol.